The Morgan fingerprint density at radius 2 is 1.92 bits per heavy atom. The summed E-state index contributed by atoms with van der Waals surface area (Å²) in [5.41, 5.74) is 2.74. The summed E-state index contributed by atoms with van der Waals surface area (Å²) in [6.07, 6.45) is 0.259. The van der Waals surface area contributed by atoms with E-state index in [4.69, 9.17) is 15.2 Å². The molecule has 1 aliphatic heterocycles. The molecule has 5 nitrogen and oxygen atoms in total. The van der Waals surface area contributed by atoms with Crippen molar-refractivity contribution in [2.24, 2.45) is 0 Å². The van der Waals surface area contributed by atoms with Gasteiger partial charge in [0.05, 0.1) is 30.2 Å². The molecular weight excluding hydrogens is 304 g/mol. The van der Waals surface area contributed by atoms with E-state index < -0.39 is 5.97 Å². The van der Waals surface area contributed by atoms with Crippen LogP contribution in [0.2, 0.25) is 0 Å². The van der Waals surface area contributed by atoms with Gasteiger partial charge in [-0.05, 0) is 29.7 Å². The predicted molar refractivity (Wildman–Crippen MR) is 87.6 cm³/mol. The second kappa shape index (κ2) is 7.26. The van der Waals surface area contributed by atoms with Crippen LogP contribution in [0.5, 0.6) is 0 Å². The Hall–Kier alpha value is -2.68. The smallest absolute Gasteiger partial charge is 0.306 e. The van der Waals surface area contributed by atoms with E-state index in [1.807, 2.05) is 47.5 Å². The molecule has 1 fully saturated rings. The van der Waals surface area contributed by atoms with Crippen LogP contribution in [-0.2, 0) is 16.2 Å². The normalized spacial score (nSPS) is 20.6. The Bertz CT molecular complexity index is 737. The number of carbonyl (C=O) groups is 1. The quantitative estimate of drug-likeness (QED) is 0.914. The van der Waals surface area contributed by atoms with Crippen LogP contribution < -0.4 is 0 Å². The molecule has 0 aliphatic carbocycles. The molecule has 0 aromatic heterocycles. The van der Waals surface area contributed by atoms with Crippen LogP contribution in [0.3, 0.4) is 0 Å². The fraction of sp³-hybridized carbons (Fsp3) is 0.263. The number of aliphatic carboxylic acids is 1. The summed E-state index contributed by atoms with van der Waals surface area (Å²) in [5, 5.41) is 19.8. The Morgan fingerprint density at radius 1 is 1.21 bits per heavy atom. The van der Waals surface area contributed by atoms with Crippen molar-refractivity contribution in [3.05, 3.63) is 71.3 Å². The number of benzene rings is 2. The van der Waals surface area contributed by atoms with Crippen LogP contribution in [0.1, 0.15) is 35.6 Å². The van der Waals surface area contributed by atoms with Gasteiger partial charge < -0.3 is 5.11 Å². The number of rotatable bonds is 5. The molecule has 2 atom stereocenters. The number of nitriles is 1. The maximum Gasteiger partial charge on any atom is 0.306 e. The molecule has 1 heterocycles. The van der Waals surface area contributed by atoms with E-state index in [9.17, 15) is 4.79 Å². The fourth-order valence-corrected chi connectivity index (χ4v) is 2.98. The first-order chi connectivity index (χ1) is 11.7. The summed E-state index contributed by atoms with van der Waals surface area (Å²) >= 11 is 0. The van der Waals surface area contributed by atoms with Gasteiger partial charge in [-0.1, -0.05) is 42.5 Å². The molecular formula is C19H18N2O3. The summed E-state index contributed by atoms with van der Waals surface area (Å²) in [7, 11) is 0. The lowest BCUT2D eigenvalue weighted by atomic mass is 9.99. The largest absolute Gasteiger partial charge is 0.481 e. The number of hydrogen-bond donors (Lipinski definition) is 1. The standard InChI is InChI=1S/C19H18N2O3/c20-12-14-6-8-16(9-7-14)18-10-17(11-19(22)23)24-21(18)13-15-4-2-1-3-5-15/h1-9,17-18H,10-11,13H2,(H,22,23)/t17-,18+/m0/s1. The van der Waals surface area contributed by atoms with E-state index in [1.165, 1.54) is 0 Å². The molecule has 0 unspecified atom stereocenters. The Morgan fingerprint density at radius 3 is 2.54 bits per heavy atom. The number of hydroxylamine groups is 2. The minimum atomic E-state index is -0.861. The third kappa shape index (κ3) is 3.80. The van der Waals surface area contributed by atoms with Crippen LogP contribution >= 0.6 is 0 Å². The molecule has 0 radical (unpaired) electrons. The zero-order valence-electron chi connectivity index (χ0n) is 13.1. The predicted octanol–water partition coefficient (Wildman–Crippen LogP) is 3.28. The van der Waals surface area contributed by atoms with Crippen molar-refractivity contribution in [2.75, 3.05) is 0 Å². The Balaban J connectivity index is 1.81. The molecule has 5 heteroatoms. The molecule has 0 saturated carbocycles. The molecule has 2 aromatic carbocycles. The molecule has 1 saturated heterocycles. The summed E-state index contributed by atoms with van der Waals surface area (Å²) in [6.45, 7) is 0.585. The monoisotopic (exact) mass is 322 g/mol. The highest BCUT2D eigenvalue weighted by Gasteiger charge is 2.35. The van der Waals surface area contributed by atoms with Gasteiger partial charge in [-0.25, -0.2) is 0 Å². The minimum Gasteiger partial charge on any atom is -0.481 e. The summed E-state index contributed by atoms with van der Waals surface area (Å²) in [5.74, 6) is -0.861. The lowest BCUT2D eigenvalue weighted by molar-refractivity contribution is -0.177. The maximum absolute atomic E-state index is 11.0. The molecule has 24 heavy (non-hydrogen) atoms. The van der Waals surface area contributed by atoms with Crippen LogP contribution in [0.15, 0.2) is 54.6 Å². The number of carboxylic acids is 1. The number of hydrogen-bond acceptors (Lipinski definition) is 4. The van der Waals surface area contributed by atoms with Gasteiger partial charge in [0.15, 0.2) is 0 Å². The maximum atomic E-state index is 11.0. The lowest BCUT2D eigenvalue weighted by Gasteiger charge is -2.23. The molecule has 1 aliphatic rings. The minimum absolute atomic E-state index is 0.0158. The third-order valence-corrected chi connectivity index (χ3v) is 4.13. The lowest BCUT2D eigenvalue weighted by Crippen LogP contribution is -2.22. The molecule has 1 N–H and O–H groups in total. The van der Waals surface area contributed by atoms with Crippen molar-refractivity contribution in [3.8, 4) is 6.07 Å². The van der Waals surface area contributed by atoms with Gasteiger partial charge in [-0.3, -0.25) is 9.63 Å². The SMILES string of the molecule is N#Cc1ccc([C@H]2C[C@@H](CC(=O)O)ON2Cc2ccccc2)cc1. The van der Waals surface area contributed by atoms with Crippen LogP contribution in [0.25, 0.3) is 0 Å². The van der Waals surface area contributed by atoms with Crippen molar-refractivity contribution in [2.45, 2.75) is 31.5 Å². The number of carboxylic acid groups (broad SMARTS) is 1. The van der Waals surface area contributed by atoms with Crippen LogP contribution in [-0.4, -0.2) is 22.2 Å². The second-order valence-corrected chi connectivity index (χ2v) is 5.87. The van der Waals surface area contributed by atoms with Gasteiger partial charge in [0.2, 0.25) is 0 Å². The highest BCUT2D eigenvalue weighted by Crippen LogP contribution is 2.36. The van der Waals surface area contributed by atoms with E-state index >= 15 is 0 Å². The first kappa shape index (κ1) is 16.2. The van der Waals surface area contributed by atoms with Crippen molar-refractivity contribution < 1.29 is 14.7 Å². The number of nitrogens with zero attached hydrogens (tertiary/aromatic N) is 2. The second-order valence-electron chi connectivity index (χ2n) is 5.87. The van der Waals surface area contributed by atoms with E-state index in [1.54, 1.807) is 12.1 Å². The Labute approximate surface area is 140 Å². The first-order valence-corrected chi connectivity index (χ1v) is 7.85. The Kier molecular flexibility index (Phi) is 4.90. The zero-order chi connectivity index (χ0) is 16.9. The van der Waals surface area contributed by atoms with Crippen molar-refractivity contribution in [3.63, 3.8) is 0 Å². The van der Waals surface area contributed by atoms with Crippen LogP contribution in [0, 0.1) is 11.3 Å². The first-order valence-electron chi connectivity index (χ1n) is 7.85. The van der Waals surface area contributed by atoms with Gasteiger partial charge >= 0.3 is 5.97 Å². The molecule has 0 amide bonds. The molecule has 2 aromatic rings. The van der Waals surface area contributed by atoms with E-state index in [0.717, 1.165) is 11.1 Å². The van der Waals surface area contributed by atoms with Gasteiger partial charge in [-0.15, -0.1) is 0 Å². The van der Waals surface area contributed by atoms with Crippen LogP contribution in [0.4, 0.5) is 0 Å². The van der Waals surface area contributed by atoms with Gasteiger partial charge in [0.1, 0.15) is 0 Å². The van der Waals surface area contributed by atoms with Crippen molar-refractivity contribution in [1.82, 2.24) is 5.06 Å². The highest BCUT2D eigenvalue weighted by atomic mass is 16.7. The molecule has 122 valence electrons. The molecule has 0 spiro atoms. The zero-order valence-corrected chi connectivity index (χ0v) is 13.1. The third-order valence-electron chi connectivity index (χ3n) is 4.13. The summed E-state index contributed by atoms with van der Waals surface area (Å²) < 4.78 is 0. The van der Waals surface area contributed by atoms with Crippen molar-refractivity contribution in [1.29, 1.82) is 5.26 Å². The molecule has 0 bridgehead atoms. The van der Waals surface area contributed by atoms with E-state index in [-0.39, 0.29) is 18.6 Å². The van der Waals surface area contributed by atoms with Gasteiger partial charge in [0, 0.05) is 6.54 Å². The van der Waals surface area contributed by atoms with Gasteiger partial charge in [0.25, 0.3) is 0 Å². The van der Waals surface area contributed by atoms with Crippen molar-refractivity contribution >= 4 is 5.97 Å². The van der Waals surface area contributed by atoms with E-state index in [0.29, 0.717) is 18.5 Å². The molecule has 3 rings (SSSR count). The average molecular weight is 322 g/mol. The topological polar surface area (TPSA) is 73.6 Å². The van der Waals surface area contributed by atoms with Gasteiger partial charge in [-0.2, -0.15) is 10.3 Å². The summed E-state index contributed by atoms with van der Waals surface area (Å²) in [6, 6.07) is 19.4. The highest BCUT2D eigenvalue weighted by molar-refractivity contribution is 5.67. The fourth-order valence-electron chi connectivity index (χ4n) is 2.98. The van der Waals surface area contributed by atoms with E-state index in [2.05, 4.69) is 6.07 Å². The average Bonchev–Trinajstić information content (AvgIpc) is 2.97. The summed E-state index contributed by atoms with van der Waals surface area (Å²) in [4.78, 5) is 16.9.